The predicted octanol–water partition coefficient (Wildman–Crippen LogP) is 4.70. The third kappa shape index (κ3) is 4.19. The highest BCUT2D eigenvalue weighted by Gasteiger charge is 2.12. The molecule has 0 bridgehead atoms. The maximum absolute atomic E-state index is 11.7. The number of hydrogen-bond acceptors (Lipinski definition) is 5. The van der Waals surface area contributed by atoms with Crippen LogP contribution in [0, 0.1) is 0 Å². The van der Waals surface area contributed by atoms with Crippen molar-refractivity contribution in [1.29, 1.82) is 0 Å². The van der Waals surface area contributed by atoms with E-state index < -0.39 is 0 Å². The second-order valence-electron chi connectivity index (χ2n) is 5.70. The van der Waals surface area contributed by atoms with Crippen molar-refractivity contribution < 1.29 is 14.3 Å². The Morgan fingerprint density at radius 3 is 2.58 bits per heavy atom. The molecule has 5 nitrogen and oxygen atoms in total. The summed E-state index contributed by atoms with van der Waals surface area (Å²) in [6.07, 6.45) is 1.68. The van der Waals surface area contributed by atoms with Gasteiger partial charge in [0, 0.05) is 24.4 Å². The van der Waals surface area contributed by atoms with Gasteiger partial charge < -0.3 is 14.8 Å². The number of benzene rings is 2. The summed E-state index contributed by atoms with van der Waals surface area (Å²) in [5.41, 5.74) is 1.46. The normalized spacial score (nSPS) is 10.2. The fourth-order valence-electron chi connectivity index (χ4n) is 2.62. The molecule has 1 heterocycles. The van der Waals surface area contributed by atoms with E-state index in [1.54, 1.807) is 25.4 Å². The molecule has 3 aromatic rings. The fraction of sp³-hybridized carbons (Fsp3) is 0.143. The molecule has 0 saturated heterocycles. The number of para-hydroxylation sites is 2. The van der Waals surface area contributed by atoms with Gasteiger partial charge in [-0.25, -0.2) is 4.98 Å². The van der Waals surface area contributed by atoms with Gasteiger partial charge in [-0.2, -0.15) is 0 Å². The van der Waals surface area contributed by atoms with E-state index in [0.717, 1.165) is 11.3 Å². The zero-order chi connectivity index (χ0) is 18.4. The van der Waals surface area contributed by atoms with Crippen LogP contribution in [-0.4, -0.2) is 17.9 Å². The monoisotopic (exact) mass is 348 g/mol. The number of Topliss-reactive ketones (excluding diaryl/α,β-unsaturated/α-hetero) is 1. The lowest BCUT2D eigenvalue weighted by molar-refractivity contribution is 0.101. The summed E-state index contributed by atoms with van der Waals surface area (Å²) in [4.78, 5) is 16.1. The van der Waals surface area contributed by atoms with E-state index in [0.29, 0.717) is 29.4 Å². The van der Waals surface area contributed by atoms with Crippen molar-refractivity contribution in [3.63, 3.8) is 0 Å². The number of nitrogens with one attached hydrogen (secondary N) is 1. The zero-order valence-electron chi connectivity index (χ0n) is 14.7. The van der Waals surface area contributed by atoms with Crippen molar-refractivity contribution in [1.82, 2.24) is 4.98 Å². The quantitative estimate of drug-likeness (QED) is 0.627. The Labute approximate surface area is 152 Å². The van der Waals surface area contributed by atoms with E-state index in [4.69, 9.17) is 9.47 Å². The Balaban J connectivity index is 1.73. The van der Waals surface area contributed by atoms with Crippen molar-refractivity contribution in [3.8, 4) is 17.2 Å². The van der Waals surface area contributed by atoms with E-state index in [2.05, 4.69) is 10.3 Å². The Morgan fingerprint density at radius 1 is 1.04 bits per heavy atom. The molecule has 2 aromatic carbocycles. The van der Waals surface area contributed by atoms with Gasteiger partial charge in [0.05, 0.1) is 12.7 Å². The van der Waals surface area contributed by atoms with Gasteiger partial charge >= 0.3 is 0 Å². The molecule has 26 heavy (non-hydrogen) atoms. The highest BCUT2D eigenvalue weighted by Crippen LogP contribution is 2.26. The minimum atomic E-state index is -0.0277. The van der Waals surface area contributed by atoms with Gasteiger partial charge in [0.25, 0.3) is 0 Å². The topological polar surface area (TPSA) is 60.4 Å². The summed E-state index contributed by atoms with van der Waals surface area (Å²) < 4.78 is 11.2. The number of nitrogens with zero attached hydrogens (tertiary/aromatic N) is 1. The summed E-state index contributed by atoms with van der Waals surface area (Å²) in [5, 5.41) is 3.25. The van der Waals surface area contributed by atoms with Gasteiger partial charge in [-0.15, -0.1) is 0 Å². The molecule has 0 saturated carbocycles. The number of aromatic nitrogens is 1. The first-order valence-electron chi connectivity index (χ1n) is 8.27. The highest BCUT2D eigenvalue weighted by atomic mass is 16.5. The number of ketones is 1. The summed E-state index contributed by atoms with van der Waals surface area (Å²) in [7, 11) is 1.57. The van der Waals surface area contributed by atoms with Crippen LogP contribution in [0.2, 0.25) is 0 Å². The molecule has 1 N–H and O–H groups in total. The molecular formula is C21H20N2O3. The van der Waals surface area contributed by atoms with E-state index in [1.807, 2.05) is 48.5 Å². The lowest BCUT2D eigenvalue weighted by Gasteiger charge is -2.13. The summed E-state index contributed by atoms with van der Waals surface area (Å²) >= 11 is 0. The molecule has 5 heteroatoms. The number of pyridine rings is 1. The molecule has 3 rings (SSSR count). The van der Waals surface area contributed by atoms with Crippen molar-refractivity contribution in [2.24, 2.45) is 0 Å². The molecule has 0 atom stereocenters. The van der Waals surface area contributed by atoms with Crippen LogP contribution in [0.15, 0.2) is 66.9 Å². The number of rotatable bonds is 7. The van der Waals surface area contributed by atoms with E-state index >= 15 is 0 Å². The van der Waals surface area contributed by atoms with Crippen molar-refractivity contribution in [2.45, 2.75) is 13.5 Å². The summed E-state index contributed by atoms with van der Waals surface area (Å²) in [5.74, 6) is 2.69. The molecule has 0 aliphatic heterocycles. The highest BCUT2D eigenvalue weighted by molar-refractivity contribution is 5.97. The van der Waals surface area contributed by atoms with E-state index in [-0.39, 0.29) is 5.78 Å². The Bertz CT molecular complexity index is 895. The van der Waals surface area contributed by atoms with E-state index in [1.165, 1.54) is 6.92 Å². The van der Waals surface area contributed by atoms with Crippen LogP contribution in [0.4, 0.5) is 5.82 Å². The first-order chi connectivity index (χ1) is 12.7. The minimum absolute atomic E-state index is 0.0277. The SMILES string of the molecule is COc1c(CNc2cc(Oc3ccccc3)ccn2)cccc1C(C)=O. The summed E-state index contributed by atoms with van der Waals surface area (Å²) in [6.45, 7) is 2.01. The number of hydrogen-bond donors (Lipinski definition) is 1. The van der Waals surface area contributed by atoms with Crippen LogP contribution in [0.3, 0.4) is 0 Å². The van der Waals surface area contributed by atoms with Crippen LogP contribution in [0.5, 0.6) is 17.2 Å². The van der Waals surface area contributed by atoms with Crippen LogP contribution < -0.4 is 14.8 Å². The number of anilines is 1. The lowest BCUT2D eigenvalue weighted by atomic mass is 10.1. The largest absolute Gasteiger partial charge is 0.496 e. The van der Waals surface area contributed by atoms with Crippen LogP contribution >= 0.6 is 0 Å². The Kier molecular flexibility index (Phi) is 5.49. The number of carbonyl (C=O) groups excluding carboxylic acids is 1. The predicted molar refractivity (Wildman–Crippen MR) is 101 cm³/mol. The van der Waals surface area contributed by atoms with Gasteiger partial charge in [0.1, 0.15) is 23.1 Å². The average molecular weight is 348 g/mol. The van der Waals surface area contributed by atoms with Crippen LogP contribution in [0.1, 0.15) is 22.8 Å². The van der Waals surface area contributed by atoms with Crippen molar-refractivity contribution in [2.75, 3.05) is 12.4 Å². The maximum Gasteiger partial charge on any atom is 0.163 e. The third-order valence-corrected chi connectivity index (χ3v) is 3.85. The second-order valence-corrected chi connectivity index (χ2v) is 5.70. The van der Waals surface area contributed by atoms with Crippen molar-refractivity contribution in [3.05, 3.63) is 78.0 Å². The van der Waals surface area contributed by atoms with Gasteiger partial charge in [-0.3, -0.25) is 4.79 Å². The molecular weight excluding hydrogens is 328 g/mol. The molecule has 0 aliphatic rings. The van der Waals surface area contributed by atoms with Gasteiger partial charge in [0.2, 0.25) is 0 Å². The first-order valence-corrected chi connectivity index (χ1v) is 8.27. The standard InChI is InChI=1S/C21H20N2O3/c1-15(24)19-10-6-7-16(21(19)25-2)14-23-20-13-18(11-12-22-20)26-17-8-4-3-5-9-17/h3-13H,14H2,1-2H3,(H,22,23). The molecule has 0 aliphatic carbocycles. The van der Waals surface area contributed by atoms with E-state index in [9.17, 15) is 4.79 Å². The molecule has 1 aromatic heterocycles. The molecule has 0 fully saturated rings. The van der Waals surface area contributed by atoms with Gasteiger partial charge in [-0.1, -0.05) is 30.3 Å². The molecule has 0 radical (unpaired) electrons. The number of carbonyl (C=O) groups is 1. The second kappa shape index (κ2) is 8.16. The fourth-order valence-corrected chi connectivity index (χ4v) is 2.62. The molecule has 0 amide bonds. The molecule has 132 valence electrons. The van der Waals surface area contributed by atoms with Crippen molar-refractivity contribution >= 4 is 11.6 Å². The molecule has 0 spiro atoms. The maximum atomic E-state index is 11.7. The average Bonchev–Trinajstić information content (AvgIpc) is 2.67. The Morgan fingerprint density at radius 2 is 1.85 bits per heavy atom. The zero-order valence-corrected chi connectivity index (χ0v) is 14.7. The summed E-state index contributed by atoms with van der Waals surface area (Å²) in [6, 6.07) is 18.7. The number of ether oxygens (including phenoxy) is 2. The molecule has 0 unspecified atom stereocenters. The lowest BCUT2D eigenvalue weighted by Crippen LogP contribution is -2.06. The smallest absolute Gasteiger partial charge is 0.163 e. The van der Waals surface area contributed by atoms with Gasteiger partial charge in [-0.05, 0) is 31.2 Å². The third-order valence-electron chi connectivity index (χ3n) is 3.85. The Hall–Kier alpha value is -3.34. The number of methoxy groups -OCH3 is 1. The van der Waals surface area contributed by atoms with Crippen LogP contribution in [0.25, 0.3) is 0 Å². The van der Waals surface area contributed by atoms with Crippen LogP contribution in [-0.2, 0) is 6.54 Å². The first kappa shape index (κ1) is 17.5. The minimum Gasteiger partial charge on any atom is -0.496 e. The van der Waals surface area contributed by atoms with Gasteiger partial charge in [0.15, 0.2) is 5.78 Å².